The summed E-state index contributed by atoms with van der Waals surface area (Å²) < 4.78 is 0. The molecule has 0 spiro atoms. The fourth-order valence-electron chi connectivity index (χ4n) is 6.05. The zero-order valence-electron chi connectivity index (χ0n) is 18.2. The lowest BCUT2D eigenvalue weighted by molar-refractivity contribution is -0.117. The van der Waals surface area contributed by atoms with E-state index in [1.54, 1.807) is 18.1 Å². The SMILES string of the molecule is CC(=O)CCCNC[C@]1(C)CCC[C@]2(C)c3ccc(C(C)C)cc3CC[C@@H]12. The van der Waals surface area contributed by atoms with Crippen molar-refractivity contribution in [2.45, 2.75) is 90.9 Å². The van der Waals surface area contributed by atoms with Crippen LogP contribution in [0.1, 0.15) is 95.8 Å². The molecule has 0 unspecified atom stereocenters. The summed E-state index contributed by atoms with van der Waals surface area (Å²) in [4.78, 5) is 11.2. The Balaban J connectivity index is 1.75. The number of hydrogen-bond donors (Lipinski definition) is 1. The Hall–Kier alpha value is -1.15. The summed E-state index contributed by atoms with van der Waals surface area (Å²) in [5, 5.41) is 3.70. The Bertz CT molecular complexity index is 679. The highest BCUT2D eigenvalue weighted by Crippen LogP contribution is 2.57. The van der Waals surface area contributed by atoms with Crippen molar-refractivity contribution in [3.63, 3.8) is 0 Å². The Morgan fingerprint density at radius 1 is 1.26 bits per heavy atom. The number of aryl methyl sites for hydroxylation is 1. The largest absolute Gasteiger partial charge is 0.316 e. The Kier molecular flexibility index (Phi) is 6.15. The van der Waals surface area contributed by atoms with Gasteiger partial charge in [-0.3, -0.25) is 0 Å². The van der Waals surface area contributed by atoms with Gasteiger partial charge in [0, 0.05) is 13.0 Å². The molecule has 1 aromatic rings. The van der Waals surface area contributed by atoms with Crippen LogP contribution in [0, 0.1) is 11.3 Å². The molecule has 0 aromatic heterocycles. The highest BCUT2D eigenvalue weighted by molar-refractivity contribution is 5.75. The molecule has 3 rings (SSSR count). The number of ketones is 1. The summed E-state index contributed by atoms with van der Waals surface area (Å²) >= 11 is 0. The molecular weight excluding hydrogens is 330 g/mol. The summed E-state index contributed by atoms with van der Waals surface area (Å²) in [5.41, 5.74) is 5.40. The van der Waals surface area contributed by atoms with Gasteiger partial charge in [-0.1, -0.05) is 52.3 Å². The molecule has 2 nitrogen and oxygen atoms in total. The van der Waals surface area contributed by atoms with E-state index in [1.165, 1.54) is 37.7 Å². The van der Waals surface area contributed by atoms with Gasteiger partial charge in [0.2, 0.25) is 0 Å². The molecule has 0 aliphatic heterocycles. The van der Waals surface area contributed by atoms with Crippen LogP contribution < -0.4 is 5.32 Å². The van der Waals surface area contributed by atoms with Crippen LogP contribution in [0.15, 0.2) is 18.2 Å². The number of Topliss-reactive ketones (excluding diaryl/α,β-unsaturated/α-hetero) is 1. The first-order valence-electron chi connectivity index (χ1n) is 11.1. The lowest BCUT2D eigenvalue weighted by atomic mass is 9.49. The van der Waals surface area contributed by atoms with Gasteiger partial charge in [-0.15, -0.1) is 0 Å². The third-order valence-corrected chi connectivity index (χ3v) is 7.58. The minimum atomic E-state index is 0.304. The standard InChI is InChI=1S/C25H39NO/c1-18(2)20-9-11-22-21(16-20)10-12-23-24(4,13-7-14-25(22,23)5)17-26-15-6-8-19(3)27/h9,11,16,18,23,26H,6-8,10,12-15,17H2,1-5H3/t23-,24-,25+/m0/s1. The maximum atomic E-state index is 11.2. The first-order chi connectivity index (χ1) is 12.8. The maximum Gasteiger partial charge on any atom is 0.129 e. The van der Waals surface area contributed by atoms with Gasteiger partial charge in [0.05, 0.1) is 0 Å². The van der Waals surface area contributed by atoms with Crippen LogP contribution in [0.2, 0.25) is 0 Å². The van der Waals surface area contributed by atoms with E-state index in [9.17, 15) is 4.79 Å². The topological polar surface area (TPSA) is 29.1 Å². The molecule has 27 heavy (non-hydrogen) atoms. The fraction of sp³-hybridized carbons (Fsp3) is 0.720. The van der Waals surface area contributed by atoms with Crippen LogP contribution in [-0.4, -0.2) is 18.9 Å². The van der Waals surface area contributed by atoms with Gasteiger partial charge < -0.3 is 10.1 Å². The van der Waals surface area contributed by atoms with E-state index in [1.807, 2.05) is 0 Å². The van der Waals surface area contributed by atoms with Crippen molar-refractivity contribution in [1.82, 2.24) is 5.32 Å². The quantitative estimate of drug-likeness (QED) is 0.617. The fourth-order valence-corrected chi connectivity index (χ4v) is 6.05. The van der Waals surface area contributed by atoms with Crippen LogP contribution in [0.4, 0.5) is 0 Å². The second-order valence-electron chi connectivity index (χ2n) is 10.1. The maximum absolute atomic E-state index is 11.2. The average molecular weight is 370 g/mol. The number of carbonyl (C=O) groups excluding carboxylic acids is 1. The monoisotopic (exact) mass is 369 g/mol. The van der Waals surface area contributed by atoms with Gasteiger partial charge in [-0.05, 0) is 84.9 Å². The number of hydrogen-bond acceptors (Lipinski definition) is 2. The Morgan fingerprint density at radius 3 is 2.74 bits per heavy atom. The van der Waals surface area contributed by atoms with E-state index in [0.717, 1.165) is 25.4 Å². The van der Waals surface area contributed by atoms with E-state index in [4.69, 9.17) is 0 Å². The van der Waals surface area contributed by atoms with Gasteiger partial charge in [-0.2, -0.15) is 0 Å². The van der Waals surface area contributed by atoms with Gasteiger partial charge in [0.15, 0.2) is 0 Å². The Labute approximate surface area is 166 Å². The van der Waals surface area contributed by atoms with Crippen molar-refractivity contribution in [3.8, 4) is 0 Å². The van der Waals surface area contributed by atoms with Crippen LogP contribution in [0.5, 0.6) is 0 Å². The summed E-state index contributed by atoms with van der Waals surface area (Å²) in [6, 6.07) is 7.33. The van der Waals surface area contributed by atoms with Gasteiger partial charge >= 0.3 is 0 Å². The number of rotatable bonds is 7. The molecule has 2 aliphatic carbocycles. The average Bonchev–Trinajstić information content (AvgIpc) is 2.60. The van der Waals surface area contributed by atoms with Crippen LogP contribution in [-0.2, 0) is 16.6 Å². The molecule has 150 valence electrons. The lowest BCUT2D eigenvalue weighted by Gasteiger charge is -2.55. The molecule has 2 aliphatic rings. The predicted molar refractivity (Wildman–Crippen MR) is 114 cm³/mol. The van der Waals surface area contributed by atoms with E-state index >= 15 is 0 Å². The number of benzene rings is 1. The van der Waals surface area contributed by atoms with E-state index in [2.05, 4.69) is 51.2 Å². The summed E-state index contributed by atoms with van der Waals surface area (Å²) in [7, 11) is 0. The van der Waals surface area contributed by atoms with Crippen molar-refractivity contribution < 1.29 is 4.79 Å². The van der Waals surface area contributed by atoms with E-state index in [-0.39, 0.29) is 0 Å². The molecule has 1 N–H and O–H groups in total. The van der Waals surface area contributed by atoms with Crippen molar-refractivity contribution in [2.75, 3.05) is 13.1 Å². The molecule has 2 heteroatoms. The van der Waals surface area contributed by atoms with Crippen molar-refractivity contribution >= 4 is 5.78 Å². The third-order valence-electron chi connectivity index (χ3n) is 7.58. The number of nitrogens with one attached hydrogen (secondary N) is 1. The minimum Gasteiger partial charge on any atom is -0.316 e. The molecule has 3 atom stereocenters. The molecule has 0 bridgehead atoms. The number of carbonyl (C=O) groups is 1. The van der Waals surface area contributed by atoms with Crippen molar-refractivity contribution in [2.24, 2.45) is 11.3 Å². The summed E-state index contributed by atoms with van der Waals surface area (Å²) in [6.45, 7) is 13.4. The van der Waals surface area contributed by atoms with Crippen molar-refractivity contribution in [3.05, 3.63) is 34.9 Å². The van der Waals surface area contributed by atoms with Crippen LogP contribution in [0.3, 0.4) is 0 Å². The van der Waals surface area contributed by atoms with Crippen molar-refractivity contribution in [1.29, 1.82) is 0 Å². The van der Waals surface area contributed by atoms with Gasteiger partial charge in [0.25, 0.3) is 0 Å². The van der Waals surface area contributed by atoms with E-state index < -0.39 is 0 Å². The summed E-state index contributed by atoms with van der Waals surface area (Å²) in [6.07, 6.45) is 8.19. The molecule has 0 saturated heterocycles. The molecule has 1 aromatic carbocycles. The smallest absolute Gasteiger partial charge is 0.129 e. The van der Waals surface area contributed by atoms with Gasteiger partial charge in [0.1, 0.15) is 5.78 Å². The molecule has 1 fully saturated rings. The van der Waals surface area contributed by atoms with Gasteiger partial charge in [-0.25, -0.2) is 0 Å². The second-order valence-corrected chi connectivity index (χ2v) is 10.1. The zero-order chi connectivity index (χ0) is 19.7. The Morgan fingerprint density at radius 2 is 2.04 bits per heavy atom. The highest BCUT2D eigenvalue weighted by atomic mass is 16.1. The van der Waals surface area contributed by atoms with E-state index in [0.29, 0.717) is 29.0 Å². The van der Waals surface area contributed by atoms with Crippen LogP contribution >= 0.6 is 0 Å². The number of fused-ring (bicyclic) bond motifs is 3. The first kappa shape index (κ1) is 20.6. The molecule has 0 radical (unpaired) electrons. The molecular formula is C25H39NO. The zero-order valence-corrected chi connectivity index (χ0v) is 18.2. The molecule has 1 saturated carbocycles. The normalized spacial score (nSPS) is 30.1. The molecule has 0 heterocycles. The summed E-state index contributed by atoms with van der Waals surface area (Å²) in [5.74, 6) is 1.66. The first-order valence-corrected chi connectivity index (χ1v) is 11.1. The molecule has 0 amide bonds. The lowest BCUT2D eigenvalue weighted by Crippen LogP contribution is -2.52. The third kappa shape index (κ3) is 4.16. The van der Waals surface area contributed by atoms with Crippen LogP contribution in [0.25, 0.3) is 0 Å². The highest BCUT2D eigenvalue weighted by Gasteiger charge is 2.51. The second kappa shape index (κ2) is 8.07. The predicted octanol–water partition coefficient (Wildman–Crippen LogP) is 5.78. The minimum absolute atomic E-state index is 0.304.